The van der Waals surface area contributed by atoms with E-state index in [1.54, 1.807) is 0 Å². The van der Waals surface area contributed by atoms with Gasteiger partial charge in [-0.1, -0.05) is 19.9 Å². The Hall–Kier alpha value is -2.20. The second-order valence-corrected chi connectivity index (χ2v) is 7.25. The van der Waals surface area contributed by atoms with E-state index in [0.717, 1.165) is 50.2 Å². The van der Waals surface area contributed by atoms with Crippen molar-refractivity contribution in [3.05, 3.63) is 59.2 Å². The van der Waals surface area contributed by atoms with Gasteiger partial charge >= 0.3 is 0 Å². The molecule has 0 spiro atoms. The average Bonchev–Trinajstić information content (AvgIpc) is 3.00. The summed E-state index contributed by atoms with van der Waals surface area (Å²) >= 11 is 0. The molecule has 4 heterocycles. The maximum Gasteiger partial charge on any atom is 0.140 e. The second kappa shape index (κ2) is 7.20. The van der Waals surface area contributed by atoms with Crippen molar-refractivity contribution in [2.24, 2.45) is 0 Å². The molecule has 3 aromatic heterocycles. The molecule has 0 bridgehead atoms. The van der Waals surface area contributed by atoms with Crippen LogP contribution in [0.1, 0.15) is 48.8 Å². The molecule has 3 aromatic rings. The molecule has 26 heavy (non-hydrogen) atoms. The number of likely N-dealkylation sites (N-methyl/N-ethyl adjacent to an activating group) is 1. The zero-order chi connectivity index (χ0) is 18.1. The zero-order valence-electron chi connectivity index (χ0n) is 16.1. The normalized spacial score (nSPS) is 17.6. The fourth-order valence-electron chi connectivity index (χ4n) is 4.45. The summed E-state index contributed by atoms with van der Waals surface area (Å²) in [7, 11) is 0. The topological polar surface area (TPSA) is 34.0 Å². The van der Waals surface area contributed by atoms with Crippen molar-refractivity contribution < 1.29 is 0 Å². The summed E-state index contributed by atoms with van der Waals surface area (Å²) in [5.41, 5.74) is 6.53. The molecule has 1 atom stereocenters. The van der Waals surface area contributed by atoms with E-state index in [2.05, 4.69) is 52.6 Å². The van der Waals surface area contributed by atoms with Crippen LogP contribution in [0, 0.1) is 6.92 Å². The van der Waals surface area contributed by atoms with Gasteiger partial charge in [0.2, 0.25) is 0 Å². The van der Waals surface area contributed by atoms with Crippen LogP contribution in [0.3, 0.4) is 0 Å². The van der Waals surface area contributed by atoms with Crippen LogP contribution in [0.5, 0.6) is 0 Å². The molecule has 136 valence electrons. The highest BCUT2D eigenvalue weighted by Gasteiger charge is 2.30. The molecule has 0 saturated heterocycles. The Kier molecular flexibility index (Phi) is 4.77. The van der Waals surface area contributed by atoms with Crippen LogP contribution in [0.2, 0.25) is 0 Å². The van der Waals surface area contributed by atoms with Gasteiger partial charge in [0.05, 0.1) is 0 Å². The first kappa shape index (κ1) is 17.2. The molecule has 1 unspecified atom stereocenters. The number of nitrogens with zero attached hydrogens (tertiary/aromatic N) is 4. The van der Waals surface area contributed by atoms with Crippen LogP contribution in [0.15, 0.2) is 36.7 Å². The minimum atomic E-state index is 0.512. The summed E-state index contributed by atoms with van der Waals surface area (Å²) < 4.78 is 2.47. The van der Waals surface area contributed by atoms with Gasteiger partial charge in [0.1, 0.15) is 5.65 Å². The SMILES string of the molecule is CCC1c2c(n(CCc3ccc(C)nc3)c3ncccc23)CCN1CC. The smallest absolute Gasteiger partial charge is 0.140 e. The van der Waals surface area contributed by atoms with Crippen LogP contribution in [-0.2, 0) is 19.4 Å². The molecule has 4 nitrogen and oxygen atoms in total. The number of aromatic nitrogens is 3. The largest absolute Gasteiger partial charge is 0.329 e. The average molecular weight is 348 g/mol. The highest BCUT2D eigenvalue weighted by Crippen LogP contribution is 2.38. The summed E-state index contributed by atoms with van der Waals surface area (Å²) in [4.78, 5) is 11.8. The van der Waals surface area contributed by atoms with Gasteiger partial charge in [-0.25, -0.2) is 4.98 Å². The molecular formula is C22H28N4. The maximum absolute atomic E-state index is 4.76. The lowest BCUT2D eigenvalue weighted by molar-refractivity contribution is 0.189. The van der Waals surface area contributed by atoms with Crippen molar-refractivity contribution in [2.75, 3.05) is 13.1 Å². The summed E-state index contributed by atoms with van der Waals surface area (Å²) in [6.07, 6.45) is 7.19. The predicted molar refractivity (Wildman–Crippen MR) is 106 cm³/mol. The Labute approximate surface area is 155 Å². The molecule has 4 heteroatoms. The third-order valence-electron chi connectivity index (χ3n) is 5.77. The van der Waals surface area contributed by atoms with Gasteiger partial charge in [-0.2, -0.15) is 0 Å². The Morgan fingerprint density at radius 2 is 2.04 bits per heavy atom. The van der Waals surface area contributed by atoms with Crippen LogP contribution < -0.4 is 0 Å². The van der Waals surface area contributed by atoms with Crippen molar-refractivity contribution in [3.63, 3.8) is 0 Å². The summed E-state index contributed by atoms with van der Waals surface area (Å²) in [5, 5.41) is 1.34. The zero-order valence-corrected chi connectivity index (χ0v) is 16.1. The van der Waals surface area contributed by atoms with Crippen LogP contribution >= 0.6 is 0 Å². The quantitative estimate of drug-likeness (QED) is 0.689. The van der Waals surface area contributed by atoms with Gasteiger partial charge in [0, 0.05) is 54.7 Å². The third-order valence-corrected chi connectivity index (χ3v) is 5.77. The number of rotatable bonds is 5. The molecular weight excluding hydrogens is 320 g/mol. The second-order valence-electron chi connectivity index (χ2n) is 7.25. The summed E-state index contributed by atoms with van der Waals surface area (Å²) in [6, 6.07) is 9.14. The molecule has 0 fully saturated rings. The van der Waals surface area contributed by atoms with Gasteiger partial charge in [0.15, 0.2) is 0 Å². The lowest BCUT2D eigenvalue weighted by Crippen LogP contribution is -2.35. The van der Waals surface area contributed by atoms with Crippen LogP contribution in [-0.4, -0.2) is 32.5 Å². The first-order valence-corrected chi connectivity index (χ1v) is 9.84. The van der Waals surface area contributed by atoms with Crippen molar-refractivity contribution in [2.45, 2.75) is 52.6 Å². The van der Waals surface area contributed by atoms with Gasteiger partial charge in [0.25, 0.3) is 0 Å². The first-order valence-electron chi connectivity index (χ1n) is 9.84. The van der Waals surface area contributed by atoms with E-state index in [9.17, 15) is 0 Å². The highest BCUT2D eigenvalue weighted by molar-refractivity contribution is 5.83. The van der Waals surface area contributed by atoms with E-state index in [-0.39, 0.29) is 0 Å². The van der Waals surface area contributed by atoms with Gasteiger partial charge in [-0.15, -0.1) is 0 Å². The fraction of sp³-hybridized carbons (Fsp3) is 0.455. The van der Waals surface area contributed by atoms with Crippen LogP contribution in [0.4, 0.5) is 0 Å². The van der Waals surface area contributed by atoms with E-state index in [1.165, 1.54) is 22.2 Å². The van der Waals surface area contributed by atoms with Gasteiger partial charge in [-0.05, 0) is 55.6 Å². The molecule has 0 N–H and O–H groups in total. The molecule has 4 rings (SSSR count). The molecule has 0 saturated carbocycles. The van der Waals surface area contributed by atoms with Crippen LogP contribution in [0.25, 0.3) is 11.0 Å². The van der Waals surface area contributed by atoms with E-state index >= 15 is 0 Å². The minimum absolute atomic E-state index is 0.512. The number of aryl methyl sites for hydroxylation is 3. The number of hydrogen-bond donors (Lipinski definition) is 0. The molecule has 1 aliphatic heterocycles. The Bertz CT molecular complexity index is 894. The molecule has 0 aromatic carbocycles. The van der Waals surface area contributed by atoms with E-state index in [4.69, 9.17) is 4.98 Å². The highest BCUT2D eigenvalue weighted by atomic mass is 15.2. The van der Waals surface area contributed by atoms with E-state index in [1.807, 2.05) is 19.3 Å². The predicted octanol–water partition coefficient (Wildman–Crippen LogP) is 4.31. The standard InChI is InChI=1S/C22H28N4/c1-4-19-21-18-7-6-12-23-22(18)26(20(21)11-13-25(19)5-2)14-10-17-9-8-16(3)24-15-17/h6-9,12,15,19H,4-5,10-11,13-14H2,1-3H3. The van der Waals surface area contributed by atoms with E-state index < -0.39 is 0 Å². The van der Waals surface area contributed by atoms with E-state index in [0.29, 0.717) is 6.04 Å². The third kappa shape index (κ3) is 2.92. The number of fused-ring (bicyclic) bond motifs is 3. The van der Waals surface area contributed by atoms with Crippen molar-refractivity contribution >= 4 is 11.0 Å². The van der Waals surface area contributed by atoms with Crippen molar-refractivity contribution in [1.29, 1.82) is 0 Å². The Morgan fingerprint density at radius 3 is 2.77 bits per heavy atom. The van der Waals surface area contributed by atoms with Crippen molar-refractivity contribution in [1.82, 2.24) is 19.4 Å². The maximum atomic E-state index is 4.76. The molecule has 0 aliphatic carbocycles. The summed E-state index contributed by atoms with van der Waals surface area (Å²) in [5.74, 6) is 0. The van der Waals surface area contributed by atoms with Crippen molar-refractivity contribution in [3.8, 4) is 0 Å². The Balaban J connectivity index is 1.74. The first-order chi connectivity index (χ1) is 12.7. The molecule has 0 amide bonds. The van der Waals surface area contributed by atoms with Gasteiger partial charge < -0.3 is 4.57 Å². The Morgan fingerprint density at radius 1 is 1.15 bits per heavy atom. The van der Waals surface area contributed by atoms with Gasteiger partial charge in [-0.3, -0.25) is 9.88 Å². The minimum Gasteiger partial charge on any atom is -0.329 e. The monoisotopic (exact) mass is 348 g/mol. The lowest BCUT2D eigenvalue weighted by atomic mass is 9.94. The summed E-state index contributed by atoms with van der Waals surface area (Å²) in [6.45, 7) is 9.84. The lowest BCUT2D eigenvalue weighted by Gasteiger charge is -2.35. The number of pyridine rings is 2. The fourth-order valence-corrected chi connectivity index (χ4v) is 4.45. The molecule has 0 radical (unpaired) electrons. The molecule has 1 aliphatic rings. The number of hydrogen-bond acceptors (Lipinski definition) is 3.